The molecule has 1 aromatic heterocycles. The lowest BCUT2D eigenvalue weighted by molar-refractivity contribution is -0.115. The van der Waals surface area contributed by atoms with Gasteiger partial charge in [-0.25, -0.2) is 4.98 Å². The molecule has 0 bridgehead atoms. The number of unbranched alkanes of at least 4 members (excludes halogenated alkanes) is 2. The Morgan fingerprint density at radius 1 is 1.32 bits per heavy atom. The van der Waals surface area contributed by atoms with Gasteiger partial charge in [0.05, 0.1) is 18.4 Å². The van der Waals surface area contributed by atoms with Crippen molar-refractivity contribution in [1.29, 1.82) is 0 Å². The Hall–Kier alpha value is -0.870. The number of hydrogen-bond donors (Lipinski definition) is 1. The number of ether oxygens (including phenoxy) is 1. The molecule has 1 N–H and O–H groups in total. The van der Waals surface area contributed by atoms with Gasteiger partial charge in [0.25, 0.3) is 0 Å². The lowest BCUT2D eigenvalue weighted by Gasteiger charge is -2.43. The van der Waals surface area contributed by atoms with Crippen LogP contribution in [0.1, 0.15) is 64.3 Å². The molecule has 2 heterocycles. The minimum atomic E-state index is -0.146. The fraction of sp³-hybridized carbons (Fsp3) is 0.800. The van der Waals surface area contributed by atoms with Crippen molar-refractivity contribution in [3.8, 4) is 0 Å². The average Bonchev–Trinajstić information content (AvgIpc) is 2.94. The molecule has 1 aliphatic heterocycles. The molecule has 0 aromatic carbocycles. The molecule has 0 radical (unpaired) electrons. The minimum Gasteiger partial charge on any atom is -0.447 e. The molecule has 1 aromatic rings. The molecule has 1 fully saturated rings. The van der Waals surface area contributed by atoms with Crippen molar-refractivity contribution in [2.75, 3.05) is 13.2 Å². The fourth-order valence-corrected chi connectivity index (χ4v) is 3.07. The highest BCUT2D eigenvalue weighted by Gasteiger charge is 2.44. The van der Waals surface area contributed by atoms with Crippen LogP contribution >= 0.6 is 0 Å². The fourth-order valence-electron chi connectivity index (χ4n) is 3.07. The van der Waals surface area contributed by atoms with Gasteiger partial charge in [-0.1, -0.05) is 39.5 Å². The van der Waals surface area contributed by atoms with E-state index in [1.54, 1.807) is 12.5 Å². The van der Waals surface area contributed by atoms with E-state index >= 15 is 0 Å². The van der Waals surface area contributed by atoms with Gasteiger partial charge in [-0.05, 0) is 12.8 Å². The van der Waals surface area contributed by atoms with Crippen LogP contribution in [0.15, 0.2) is 16.9 Å². The summed E-state index contributed by atoms with van der Waals surface area (Å²) in [6, 6.07) is 0.0908. The zero-order valence-corrected chi connectivity index (χ0v) is 12.2. The van der Waals surface area contributed by atoms with E-state index < -0.39 is 0 Å². The van der Waals surface area contributed by atoms with E-state index in [0.717, 1.165) is 38.3 Å². The van der Waals surface area contributed by atoms with Crippen molar-refractivity contribution in [2.45, 2.75) is 64.0 Å². The first-order valence-electron chi connectivity index (χ1n) is 7.59. The van der Waals surface area contributed by atoms with Crippen molar-refractivity contribution >= 4 is 0 Å². The van der Waals surface area contributed by atoms with Crippen molar-refractivity contribution in [1.82, 2.24) is 10.3 Å². The van der Waals surface area contributed by atoms with Crippen molar-refractivity contribution in [3.05, 3.63) is 18.4 Å². The van der Waals surface area contributed by atoms with Gasteiger partial charge < -0.3 is 14.5 Å². The van der Waals surface area contributed by atoms with E-state index in [1.165, 1.54) is 19.3 Å². The third kappa shape index (κ3) is 3.37. The first-order valence-corrected chi connectivity index (χ1v) is 7.59. The molecule has 4 nitrogen and oxygen atoms in total. The third-order valence-electron chi connectivity index (χ3n) is 3.94. The maximum atomic E-state index is 6.23. The molecule has 108 valence electrons. The quantitative estimate of drug-likeness (QED) is 0.768. The minimum absolute atomic E-state index is 0.0908. The van der Waals surface area contributed by atoms with Crippen LogP contribution in [-0.4, -0.2) is 23.7 Å². The van der Waals surface area contributed by atoms with E-state index in [1.807, 2.05) is 0 Å². The molecule has 0 aliphatic carbocycles. The Morgan fingerprint density at radius 3 is 2.89 bits per heavy atom. The predicted octanol–water partition coefficient (Wildman–Crippen LogP) is 3.45. The molecule has 19 heavy (non-hydrogen) atoms. The van der Waals surface area contributed by atoms with Gasteiger partial charge in [0.2, 0.25) is 5.89 Å². The SMILES string of the molecule is CCCCCC1(CCC)OCCNC1c1ncco1. The van der Waals surface area contributed by atoms with Crippen molar-refractivity contribution < 1.29 is 9.15 Å². The maximum absolute atomic E-state index is 6.23. The highest BCUT2D eigenvalue weighted by Crippen LogP contribution is 2.39. The second kappa shape index (κ2) is 7.06. The standard InChI is InChI=1S/C15H26N2O2/c1-3-5-6-8-15(7-4-2)13(16-10-12-19-15)14-17-9-11-18-14/h9,11,13,16H,3-8,10,12H2,1-2H3. The zero-order chi connectivity index (χ0) is 13.6. The summed E-state index contributed by atoms with van der Waals surface area (Å²) < 4.78 is 11.8. The Labute approximate surface area is 115 Å². The number of oxazole rings is 1. The normalized spacial score (nSPS) is 27.6. The summed E-state index contributed by atoms with van der Waals surface area (Å²) in [7, 11) is 0. The smallest absolute Gasteiger partial charge is 0.214 e. The van der Waals surface area contributed by atoms with Crippen LogP contribution in [0.4, 0.5) is 0 Å². The largest absolute Gasteiger partial charge is 0.447 e. The van der Waals surface area contributed by atoms with Crippen LogP contribution in [0.3, 0.4) is 0 Å². The summed E-state index contributed by atoms with van der Waals surface area (Å²) in [5.74, 6) is 0.768. The van der Waals surface area contributed by atoms with Gasteiger partial charge in [-0.15, -0.1) is 0 Å². The number of rotatable bonds is 7. The van der Waals surface area contributed by atoms with E-state index in [0.29, 0.717) is 0 Å². The van der Waals surface area contributed by atoms with E-state index in [4.69, 9.17) is 9.15 Å². The number of hydrogen-bond acceptors (Lipinski definition) is 4. The van der Waals surface area contributed by atoms with Crippen LogP contribution in [0, 0.1) is 0 Å². The topological polar surface area (TPSA) is 47.3 Å². The maximum Gasteiger partial charge on any atom is 0.214 e. The summed E-state index contributed by atoms with van der Waals surface area (Å²) in [6.45, 7) is 6.10. The van der Waals surface area contributed by atoms with E-state index in [9.17, 15) is 0 Å². The Morgan fingerprint density at radius 2 is 2.21 bits per heavy atom. The molecule has 2 rings (SSSR count). The summed E-state index contributed by atoms with van der Waals surface area (Å²) in [6.07, 6.45) is 10.3. The molecule has 0 spiro atoms. The molecule has 1 saturated heterocycles. The monoisotopic (exact) mass is 266 g/mol. The van der Waals surface area contributed by atoms with Gasteiger partial charge >= 0.3 is 0 Å². The zero-order valence-electron chi connectivity index (χ0n) is 12.2. The molecular formula is C15H26N2O2. The first kappa shape index (κ1) is 14.5. The van der Waals surface area contributed by atoms with E-state index in [2.05, 4.69) is 24.1 Å². The number of nitrogens with zero attached hydrogens (tertiary/aromatic N) is 1. The molecule has 1 aliphatic rings. The first-order chi connectivity index (χ1) is 9.32. The summed E-state index contributed by atoms with van der Waals surface area (Å²) in [5.41, 5.74) is -0.146. The van der Waals surface area contributed by atoms with Gasteiger partial charge in [-0.2, -0.15) is 0 Å². The van der Waals surface area contributed by atoms with E-state index in [-0.39, 0.29) is 11.6 Å². The second-order valence-electron chi connectivity index (χ2n) is 5.38. The van der Waals surface area contributed by atoms with Gasteiger partial charge in [-0.3, -0.25) is 0 Å². The van der Waals surface area contributed by atoms with Gasteiger partial charge in [0.15, 0.2) is 0 Å². The predicted molar refractivity (Wildman–Crippen MR) is 75.0 cm³/mol. The Kier molecular flexibility index (Phi) is 5.40. The number of nitrogens with one attached hydrogen (secondary N) is 1. The second-order valence-corrected chi connectivity index (χ2v) is 5.38. The molecular weight excluding hydrogens is 240 g/mol. The lowest BCUT2D eigenvalue weighted by atomic mass is 9.82. The summed E-state index contributed by atoms with van der Waals surface area (Å²) in [4.78, 5) is 4.34. The third-order valence-corrected chi connectivity index (χ3v) is 3.94. The Balaban J connectivity index is 2.15. The molecule has 2 unspecified atom stereocenters. The average molecular weight is 266 g/mol. The highest BCUT2D eigenvalue weighted by atomic mass is 16.5. The summed E-state index contributed by atoms with van der Waals surface area (Å²) in [5, 5.41) is 3.54. The molecule has 2 atom stereocenters. The number of morpholine rings is 1. The molecule has 0 amide bonds. The van der Waals surface area contributed by atoms with Crippen molar-refractivity contribution in [3.63, 3.8) is 0 Å². The summed E-state index contributed by atoms with van der Waals surface area (Å²) >= 11 is 0. The van der Waals surface area contributed by atoms with Gasteiger partial charge in [0, 0.05) is 6.54 Å². The van der Waals surface area contributed by atoms with Crippen LogP contribution in [-0.2, 0) is 4.74 Å². The van der Waals surface area contributed by atoms with Crippen molar-refractivity contribution in [2.24, 2.45) is 0 Å². The van der Waals surface area contributed by atoms with Crippen LogP contribution in [0.2, 0.25) is 0 Å². The molecule has 4 heteroatoms. The van der Waals surface area contributed by atoms with Crippen LogP contribution in [0.25, 0.3) is 0 Å². The van der Waals surface area contributed by atoms with Crippen LogP contribution in [0.5, 0.6) is 0 Å². The molecule has 0 saturated carbocycles. The lowest BCUT2D eigenvalue weighted by Crippen LogP contribution is -2.52. The van der Waals surface area contributed by atoms with Gasteiger partial charge in [0.1, 0.15) is 12.3 Å². The van der Waals surface area contributed by atoms with Crippen LogP contribution < -0.4 is 5.32 Å². The number of aromatic nitrogens is 1. The Bertz CT molecular complexity index is 349. The highest BCUT2D eigenvalue weighted by molar-refractivity contribution is 5.05.